The number of carbonyl (C=O) groups is 1. The molecule has 3 aromatic rings. The summed E-state index contributed by atoms with van der Waals surface area (Å²) in [5.74, 6) is 0.225. The fourth-order valence-corrected chi connectivity index (χ4v) is 3.82. The summed E-state index contributed by atoms with van der Waals surface area (Å²) in [5.41, 5.74) is 1.88. The molecular formula is C17H20ClN5OS. The van der Waals surface area contributed by atoms with Gasteiger partial charge in [-0.2, -0.15) is 0 Å². The maximum absolute atomic E-state index is 13.0. The van der Waals surface area contributed by atoms with Crippen LogP contribution in [-0.2, 0) is 7.05 Å². The number of anilines is 1. The van der Waals surface area contributed by atoms with Gasteiger partial charge in [0.15, 0.2) is 11.0 Å². The van der Waals surface area contributed by atoms with Crippen molar-refractivity contribution in [3.63, 3.8) is 0 Å². The van der Waals surface area contributed by atoms with Gasteiger partial charge in [-0.05, 0) is 32.6 Å². The average molecular weight is 378 g/mol. The molecule has 0 saturated heterocycles. The molecule has 2 heterocycles. The average Bonchev–Trinajstić information content (AvgIpc) is 3.18. The molecule has 0 radical (unpaired) electrons. The molecule has 25 heavy (non-hydrogen) atoms. The zero-order valence-electron chi connectivity index (χ0n) is 14.7. The Morgan fingerprint density at radius 2 is 2.08 bits per heavy atom. The maximum Gasteiger partial charge on any atom is 0.296 e. The maximum atomic E-state index is 13.0. The fraction of sp³-hybridized carbons (Fsp3) is 0.353. The van der Waals surface area contributed by atoms with Crippen molar-refractivity contribution in [2.75, 3.05) is 32.1 Å². The van der Waals surface area contributed by atoms with E-state index in [0.717, 1.165) is 22.3 Å². The summed E-state index contributed by atoms with van der Waals surface area (Å²) >= 11 is 7.76. The molecule has 0 N–H and O–H groups in total. The lowest BCUT2D eigenvalue weighted by atomic mass is 10.2. The monoisotopic (exact) mass is 377 g/mol. The van der Waals surface area contributed by atoms with Gasteiger partial charge in [-0.3, -0.25) is 9.69 Å². The summed E-state index contributed by atoms with van der Waals surface area (Å²) in [6, 6.07) is 3.81. The van der Waals surface area contributed by atoms with Crippen molar-refractivity contribution in [3.05, 3.63) is 40.9 Å². The van der Waals surface area contributed by atoms with Gasteiger partial charge < -0.3 is 9.47 Å². The van der Waals surface area contributed by atoms with E-state index in [1.54, 1.807) is 21.9 Å². The van der Waals surface area contributed by atoms with Crippen LogP contribution in [0.3, 0.4) is 0 Å². The lowest BCUT2D eigenvalue weighted by Gasteiger charge is -2.21. The van der Waals surface area contributed by atoms with Crippen molar-refractivity contribution in [1.29, 1.82) is 0 Å². The Morgan fingerprint density at radius 3 is 2.68 bits per heavy atom. The van der Waals surface area contributed by atoms with Crippen molar-refractivity contribution in [2.45, 2.75) is 6.92 Å². The Bertz CT molecular complexity index is 878. The molecule has 0 unspecified atom stereocenters. The lowest BCUT2D eigenvalue weighted by molar-refractivity contribution is 0.0972. The topological polar surface area (TPSA) is 54.3 Å². The van der Waals surface area contributed by atoms with Crippen LogP contribution in [0, 0.1) is 6.92 Å². The molecule has 2 aromatic heterocycles. The number of benzene rings is 1. The first kappa shape index (κ1) is 17.8. The normalized spacial score (nSPS) is 11.4. The van der Waals surface area contributed by atoms with Gasteiger partial charge in [0.25, 0.3) is 5.91 Å². The molecule has 0 spiro atoms. The number of hydrogen-bond donors (Lipinski definition) is 0. The van der Waals surface area contributed by atoms with E-state index >= 15 is 0 Å². The zero-order valence-corrected chi connectivity index (χ0v) is 16.2. The van der Waals surface area contributed by atoms with E-state index < -0.39 is 0 Å². The molecular weight excluding hydrogens is 358 g/mol. The van der Waals surface area contributed by atoms with Gasteiger partial charge in [0, 0.05) is 32.5 Å². The number of hydrogen-bond acceptors (Lipinski definition) is 5. The predicted molar refractivity (Wildman–Crippen MR) is 103 cm³/mol. The Hall–Kier alpha value is -1.96. The summed E-state index contributed by atoms with van der Waals surface area (Å²) in [4.78, 5) is 25.6. The summed E-state index contributed by atoms with van der Waals surface area (Å²) in [7, 11) is 5.76. The van der Waals surface area contributed by atoms with Crippen molar-refractivity contribution >= 4 is 44.2 Å². The van der Waals surface area contributed by atoms with E-state index in [4.69, 9.17) is 16.6 Å². The van der Waals surface area contributed by atoms with Crippen LogP contribution in [0.15, 0.2) is 24.5 Å². The fourth-order valence-electron chi connectivity index (χ4n) is 2.48. The van der Waals surface area contributed by atoms with Crippen LogP contribution >= 0.6 is 22.9 Å². The number of rotatable bonds is 5. The van der Waals surface area contributed by atoms with E-state index in [1.165, 1.54) is 11.3 Å². The zero-order chi connectivity index (χ0) is 18.1. The highest BCUT2D eigenvalue weighted by Gasteiger charge is 2.25. The number of likely N-dealkylation sites (N-methyl/N-ethyl adjacent to an activating group) is 1. The van der Waals surface area contributed by atoms with Gasteiger partial charge in [-0.25, -0.2) is 9.97 Å². The highest BCUT2D eigenvalue weighted by Crippen LogP contribution is 2.35. The molecule has 6 nitrogen and oxygen atoms in total. The van der Waals surface area contributed by atoms with Gasteiger partial charge in [0.2, 0.25) is 0 Å². The molecule has 0 fully saturated rings. The Labute approximate surface area is 155 Å². The molecule has 0 aliphatic rings. The van der Waals surface area contributed by atoms with Gasteiger partial charge in [0.05, 0.1) is 15.2 Å². The standard InChI is InChI=1S/C17H20ClN5OS/c1-11-5-6-12(18)14-13(11)20-17(25-14)23(10-9-21(2)3)16(24)15-19-7-8-22(15)4/h5-8H,9-10H2,1-4H3. The van der Waals surface area contributed by atoms with E-state index in [2.05, 4.69) is 4.98 Å². The van der Waals surface area contributed by atoms with E-state index in [1.807, 2.05) is 45.1 Å². The molecule has 0 aliphatic heterocycles. The van der Waals surface area contributed by atoms with E-state index in [9.17, 15) is 4.79 Å². The van der Waals surface area contributed by atoms with Gasteiger partial charge in [-0.15, -0.1) is 0 Å². The summed E-state index contributed by atoms with van der Waals surface area (Å²) < 4.78 is 2.62. The lowest BCUT2D eigenvalue weighted by Crippen LogP contribution is -2.38. The highest BCUT2D eigenvalue weighted by atomic mass is 35.5. The second-order valence-corrected chi connectivity index (χ2v) is 7.54. The van der Waals surface area contributed by atoms with Crippen LogP contribution in [0.1, 0.15) is 16.2 Å². The Balaban J connectivity index is 2.05. The molecule has 0 aliphatic carbocycles. The molecule has 1 amide bonds. The molecule has 0 bridgehead atoms. The molecule has 8 heteroatoms. The Kier molecular flexibility index (Phi) is 5.08. The first-order valence-electron chi connectivity index (χ1n) is 7.88. The third kappa shape index (κ3) is 3.53. The number of halogens is 1. The molecule has 132 valence electrons. The largest absolute Gasteiger partial charge is 0.330 e. The highest BCUT2D eigenvalue weighted by molar-refractivity contribution is 7.23. The second kappa shape index (κ2) is 7.11. The SMILES string of the molecule is Cc1ccc(Cl)c2sc(N(CCN(C)C)C(=O)c3nccn3C)nc12. The van der Waals surface area contributed by atoms with Crippen molar-refractivity contribution in [2.24, 2.45) is 7.05 Å². The first-order valence-corrected chi connectivity index (χ1v) is 9.07. The van der Waals surface area contributed by atoms with Crippen LogP contribution in [0.5, 0.6) is 0 Å². The number of carbonyl (C=O) groups excluding carboxylic acids is 1. The third-order valence-electron chi connectivity index (χ3n) is 3.95. The summed E-state index contributed by atoms with van der Waals surface area (Å²) in [5, 5.41) is 1.29. The number of aromatic nitrogens is 3. The number of imidazole rings is 1. The number of aryl methyl sites for hydroxylation is 2. The van der Waals surface area contributed by atoms with E-state index in [-0.39, 0.29) is 5.91 Å². The second-order valence-electron chi connectivity index (χ2n) is 6.16. The van der Waals surface area contributed by atoms with Crippen LogP contribution in [0.25, 0.3) is 10.2 Å². The molecule has 0 atom stereocenters. The van der Waals surface area contributed by atoms with Gasteiger partial charge >= 0.3 is 0 Å². The summed E-state index contributed by atoms with van der Waals surface area (Å²) in [6.45, 7) is 3.24. The Morgan fingerprint density at radius 1 is 1.32 bits per heavy atom. The summed E-state index contributed by atoms with van der Waals surface area (Å²) in [6.07, 6.45) is 3.38. The molecule has 1 aromatic carbocycles. The number of thiazole rings is 1. The minimum absolute atomic E-state index is 0.165. The number of nitrogens with zero attached hydrogens (tertiary/aromatic N) is 5. The van der Waals surface area contributed by atoms with Gasteiger partial charge in [-0.1, -0.05) is 29.0 Å². The van der Waals surface area contributed by atoms with Crippen LogP contribution in [0.2, 0.25) is 5.02 Å². The van der Waals surface area contributed by atoms with Gasteiger partial charge in [0.1, 0.15) is 0 Å². The number of amides is 1. The molecule has 3 rings (SSSR count). The van der Waals surface area contributed by atoms with Crippen molar-refractivity contribution < 1.29 is 4.79 Å². The van der Waals surface area contributed by atoms with Crippen molar-refractivity contribution in [1.82, 2.24) is 19.4 Å². The predicted octanol–water partition coefficient (Wildman–Crippen LogP) is 3.20. The van der Waals surface area contributed by atoms with Crippen molar-refractivity contribution in [3.8, 4) is 0 Å². The minimum Gasteiger partial charge on any atom is -0.330 e. The first-order chi connectivity index (χ1) is 11.9. The van der Waals surface area contributed by atoms with Crippen LogP contribution in [-0.4, -0.2) is 52.5 Å². The third-order valence-corrected chi connectivity index (χ3v) is 5.48. The quantitative estimate of drug-likeness (QED) is 0.685. The minimum atomic E-state index is -0.165. The van der Waals surface area contributed by atoms with Crippen LogP contribution in [0.4, 0.5) is 5.13 Å². The number of fused-ring (bicyclic) bond motifs is 1. The van der Waals surface area contributed by atoms with Crippen LogP contribution < -0.4 is 4.90 Å². The van der Waals surface area contributed by atoms with E-state index in [0.29, 0.717) is 22.5 Å². The smallest absolute Gasteiger partial charge is 0.296 e. The molecule has 0 saturated carbocycles.